The predicted octanol–water partition coefficient (Wildman–Crippen LogP) is 5.38. The molecular formula is C39H43FN4O8S2. The summed E-state index contributed by atoms with van der Waals surface area (Å²) in [6.45, 7) is 0.665. The Morgan fingerprint density at radius 1 is 1.06 bits per heavy atom. The van der Waals surface area contributed by atoms with E-state index in [0.717, 1.165) is 12.8 Å². The third-order valence-electron chi connectivity index (χ3n) is 9.85. The summed E-state index contributed by atoms with van der Waals surface area (Å²) in [5.74, 6) is -1.43. The number of aromatic amines is 1. The van der Waals surface area contributed by atoms with Gasteiger partial charge < -0.3 is 45.3 Å². The molecular weight excluding hydrogens is 736 g/mol. The summed E-state index contributed by atoms with van der Waals surface area (Å²) in [5.41, 5.74) is -1.04. The first-order valence-electron chi connectivity index (χ1n) is 17.6. The molecule has 286 valence electrons. The normalized spacial score (nSPS) is 16.7. The van der Waals surface area contributed by atoms with Crippen LogP contribution in [0.15, 0.2) is 76.2 Å². The average Bonchev–Trinajstić information content (AvgIpc) is 3.92. The standard InChI is InChI=1S/C39H43FN4O8S2/c1-44(24-7-9-25(10-8-24)52-38(49)39(50,33-5-3-17-53-33)34-6-4-18-54-34)16-15-36(48)42-29-20-32(51-2)23(19-28(29)40)21-41-22-31(46)26-11-13-30(45)37-27(26)12-14-35(47)43-37/h3-6,11-14,17-20,24-25,31,41,45-46,50H,7-10,15-16,21-22H2,1-2H3,(H,42,48)(H,43,47)/t24-,25-,31-/m0/s1. The first kappa shape index (κ1) is 39.1. The van der Waals surface area contributed by atoms with E-state index in [4.69, 9.17) is 9.47 Å². The number of pyridine rings is 1. The Hall–Kier alpha value is -4.64. The number of hydrogen-bond donors (Lipinski definition) is 6. The molecule has 1 atom stereocenters. The number of aliphatic hydroxyl groups is 2. The first-order chi connectivity index (χ1) is 26.0. The zero-order valence-corrected chi connectivity index (χ0v) is 31.5. The minimum Gasteiger partial charge on any atom is -0.506 e. The number of methoxy groups -OCH3 is 1. The molecule has 0 radical (unpaired) electrons. The molecule has 1 aliphatic rings. The molecule has 1 aliphatic carbocycles. The molecule has 6 rings (SSSR count). The van der Waals surface area contributed by atoms with Gasteiger partial charge in [0.1, 0.15) is 23.4 Å². The highest BCUT2D eigenvalue weighted by Gasteiger charge is 2.45. The smallest absolute Gasteiger partial charge is 0.349 e. The van der Waals surface area contributed by atoms with Gasteiger partial charge in [0.05, 0.1) is 34.2 Å². The molecule has 0 unspecified atom stereocenters. The number of carbonyl (C=O) groups excluding carboxylic acids is 2. The predicted molar refractivity (Wildman–Crippen MR) is 206 cm³/mol. The molecule has 0 aliphatic heterocycles. The highest BCUT2D eigenvalue weighted by atomic mass is 32.1. The molecule has 0 bridgehead atoms. The number of H-pyrrole nitrogens is 1. The Morgan fingerprint density at radius 3 is 2.41 bits per heavy atom. The molecule has 15 heteroatoms. The van der Waals surface area contributed by atoms with E-state index in [1.54, 1.807) is 30.3 Å². The molecule has 12 nitrogen and oxygen atoms in total. The van der Waals surface area contributed by atoms with Crippen molar-refractivity contribution in [3.63, 3.8) is 0 Å². The van der Waals surface area contributed by atoms with Gasteiger partial charge in [0.25, 0.3) is 0 Å². The van der Waals surface area contributed by atoms with Crippen LogP contribution in [-0.2, 0) is 26.5 Å². The third kappa shape index (κ3) is 8.67. The van der Waals surface area contributed by atoms with Crippen LogP contribution in [0.5, 0.6) is 11.5 Å². The number of halogens is 1. The van der Waals surface area contributed by atoms with Crippen molar-refractivity contribution >= 4 is 51.1 Å². The van der Waals surface area contributed by atoms with Gasteiger partial charge in [-0.25, -0.2) is 9.18 Å². The number of ether oxygens (including phenoxy) is 2. The average molecular weight is 779 g/mol. The Morgan fingerprint density at radius 2 is 1.76 bits per heavy atom. The number of carbonyl (C=O) groups is 2. The molecule has 1 amide bonds. The number of aromatic hydroxyl groups is 1. The van der Waals surface area contributed by atoms with Crippen LogP contribution in [0, 0.1) is 5.82 Å². The first-order valence-corrected chi connectivity index (χ1v) is 19.4. The molecule has 0 saturated heterocycles. The summed E-state index contributed by atoms with van der Waals surface area (Å²) in [5, 5.41) is 42.4. The van der Waals surface area contributed by atoms with Crippen molar-refractivity contribution in [2.24, 2.45) is 0 Å². The number of amides is 1. The Bertz CT molecular complexity index is 2080. The lowest BCUT2D eigenvalue weighted by atomic mass is 9.91. The van der Waals surface area contributed by atoms with Crippen molar-refractivity contribution in [1.29, 1.82) is 0 Å². The number of anilines is 1. The van der Waals surface area contributed by atoms with E-state index in [0.29, 0.717) is 51.4 Å². The zero-order valence-electron chi connectivity index (χ0n) is 29.8. The molecule has 3 heterocycles. The van der Waals surface area contributed by atoms with Gasteiger partial charge in [0.2, 0.25) is 17.1 Å². The Kier molecular flexibility index (Phi) is 12.5. The lowest BCUT2D eigenvalue weighted by Gasteiger charge is -2.35. The molecule has 5 aromatic rings. The molecule has 6 N–H and O–H groups in total. The van der Waals surface area contributed by atoms with E-state index < -0.39 is 23.5 Å². The fraction of sp³-hybridized carbons (Fsp3) is 0.359. The minimum atomic E-state index is -1.84. The summed E-state index contributed by atoms with van der Waals surface area (Å²) in [7, 11) is 3.38. The molecule has 0 spiro atoms. The van der Waals surface area contributed by atoms with Crippen LogP contribution in [0.4, 0.5) is 10.1 Å². The molecule has 1 saturated carbocycles. The van der Waals surface area contributed by atoms with Crippen molar-refractivity contribution in [3.8, 4) is 11.5 Å². The fourth-order valence-electron chi connectivity index (χ4n) is 6.83. The highest BCUT2D eigenvalue weighted by Crippen LogP contribution is 2.38. The number of phenolic OH excluding ortho intramolecular Hbond substituents is 1. The van der Waals surface area contributed by atoms with E-state index in [1.165, 1.54) is 60.1 Å². The van der Waals surface area contributed by atoms with Crippen LogP contribution in [0.25, 0.3) is 10.9 Å². The molecule has 54 heavy (non-hydrogen) atoms. The summed E-state index contributed by atoms with van der Waals surface area (Å²) < 4.78 is 26.6. The van der Waals surface area contributed by atoms with Gasteiger partial charge in [0, 0.05) is 55.2 Å². The van der Waals surface area contributed by atoms with Gasteiger partial charge >= 0.3 is 5.97 Å². The number of aliphatic hydroxyl groups excluding tert-OH is 1. The summed E-state index contributed by atoms with van der Waals surface area (Å²) >= 11 is 2.61. The SMILES string of the molecule is COc1cc(NC(=O)CCN(C)[C@H]2CC[C@H](OC(=O)C(O)(c3cccs3)c3cccs3)CC2)c(F)cc1CNC[C@H](O)c1ccc(O)c2[nH]c(=O)ccc12. The maximum atomic E-state index is 15.2. The van der Waals surface area contributed by atoms with Crippen LogP contribution in [-0.4, -0.2) is 76.5 Å². The monoisotopic (exact) mass is 778 g/mol. The van der Waals surface area contributed by atoms with Crippen molar-refractivity contribution in [3.05, 3.63) is 108 Å². The number of esters is 1. The maximum absolute atomic E-state index is 15.2. The van der Waals surface area contributed by atoms with Crippen LogP contribution < -0.4 is 20.9 Å². The lowest BCUT2D eigenvalue weighted by Crippen LogP contribution is -2.42. The number of hydrogen-bond acceptors (Lipinski definition) is 12. The third-order valence-corrected chi connectivity index (χ3v) is 11.8. The summed E-state index contributed by atoms with van der Waals surface area (Å²) in [6.07, 6.45) is 1.54. The van der Waals surface area contributed by atoms with Gasteiger partial charge in [0.15, 0.2) is 0 Å². The minimum absolute atomic E-state index is 0.0137. The molecule has 1 fully saturated rings. The number of aromatic nitrogens is 1. The van der Waals surface area contributed by atoms with Crippen LogP contribution >= 0.6 is 22.7 Å². The van der Waals surface area contributed by atoms with Crippen molar-refractivity contribution in [1.82, 2.24) is 15.2 Å². The van der Waals surface area contributed by atoms with E-state index >= 15 is 4.39 Å². The van der Waals surface area contributed by atoms with Gasteiger partial charge in [-0.05, 0) is 79.4 Å². The van der Waals surface area contributed by atoms with Gasteiger partial charge in [-0.1, -0.05) is 18.2 Å². The van der Waals surface area contributed by atoms with Crippen LogP contribution in [0.2, 0.25) is 0 Å². The zero-order chi connectivity index (χ0) is 38.4. The lowest BCUT2D eigenvalue weighted by molar-refractivity contribution is -0.169. The number of fused-ring (bicyclic) bond motifs is 1. The second-order valence-corrected chi connectivity index (χ2v) is 15.3. The van der Waals surface area contributed by atoms with Gasteiger partial charge in [-0.3, -0.25) is 9.59 Å². The Labute approximate surface area is 319 Å². The van der Waals surface area contributed by atoms with Crippen molar-refractivity contribution in [2.45, 2.75) is 62.5 Å². The highest BCUT2D eigenvalue weighted by molar-refractivity contribution is 7.12. The van der Waals surface area contributed by atoms with E-state index in [-0.39, 0.29) is 60.1 Å². The largest absolute Gasteiger partial charge is 0.506 e. The quantitative estimate of drug-likeness (QED) is 0.0759. The van der Waals surface area contributed by atoms with E-state index in [2.05, 4.69) is 20.5 Å². The number of nitrogens with one attached hydrogen (secondary N) is 3. The second-order valence-electron chi connectivity index (χ2n) is 13.4. The number of phenols is 1. The van der Waals surface area contributed by atoms with Gasteiger partial charge in [-0.15, -0.1) is 22.7 Å². The number of benzene rings is 2. The maximum Gasteiger partial charge on any atom is 0.349 e. The van der Waals surface area contributed by atoms with E-state index in [9.17, 15) is 29.7 Å². The fourth-order valence-corrected chi connectivity index (χ4v) is 8.54. The number of rotatable bonds is 15. The number of thiophene rings is 2. The summed E-state index contributed by atoms with van der Waals surface area (Å²) in [6, 6.07) is 15.7. The van der Waals surface area contributed by atoms with Crippen molar-refractivity contribution < 1.29 is 38.8 Å². The summed E-state index contributed by atoms with van der Waals surface area (Å²) in [4.78, 5) is 43.7. The van der Waals surface area contributed by atoms with E-state index in [1.807, 2.05) is 17.8 Å². The topological polar surface area (TPSA) is 173 Å². The number of nitrogens with zero attached hydrogens (tertiary/aromatic N) is 1. The molecule has 3 aromatic heterocycles. The molecule has 2 aromatic carbocycles. The van der Waals surface area contributed by atoms with Crippen LogP contribution in [0.3, 0.4) is 0 Å². The Balaban J connectivity index is 0.965. The van der Waals surface area contributed by atoms with Crippen molar-refractivity contribution in [2.75, 3.05) is 32.6 Å². The second kappa shape index (κ2) is 17.2. The van der Waals surface area contributed by atoms with Gasteiger partial charge in [-0.2, -0.15) is 0 Å². The van der Waals surface area contributed by atoms with Crippen LogP contribution in [0.1, 0.15) is 59.1 Å².